The Morgan fingerprint density at radius 2 is 1.82 bits per heavy atom. The van der Waals surface area contributed by atoms with Crippen molar-refractivity contribution in [2.75, 3.05) is 7.11 Å². The fourth-order valence-corrected chi connectivity index (χ4v) is 2.93. The minimum Gasteiger partial charge on any atom is -0.508 e. The minimum atomic E-state index is -0.357. The van der Waals surface area contributed by atoms with Crippen LogP contribution in [0, 0.1) is 0 Å². The number of halogens is 1. The molecule has 0 saturated carbocycles. The number of hydrogen-bond acceptors (Lipinski definition) is 4. The van der Waals surface area contributed by atoms with Crippen LogP contribution in [0.1, 0.15) is 0 Å². The molecule has 0 aliphatic carbocycles. The molecular weight excluding hydrogens is 350 g/mol. The summed E-state index contributed by atoms with van der Waals surface area (Å²) in [6.45, 7) is 0. The maximum Gasteiger partial charge on any atom is 0.266 e. The maximum absolute atomic E-state index is 12.7. The topological polar surface area (TPSA) is 71.7 Å². The lowest BCUT2D eigenvalue weighted by atomic mass is 10.1. The van der Waals surface area contributed by atoms with Crippen LogP contribution in [-0.4, -0.2) is 21.9 Å². The van der Waals surface area contributed by atoms with Crippen LogP contribution >= 0.6 is 15.9 Å². The van der Waals surface area contributed by atoms with Gasteiger partial charge < -0.3 is 14.9 Å². The van der Waals surface area contributed by atoms with Gasteiger partial charge in [-0.05, 0) is 46.3 Å². The predicted octanol–water partition coefficient (Wildman–Crippen LogP) is 3.17. The molecule has 0 bridgehead atoms. The Morgan fingerprint density at radius 1 is 1.14 bits per heavy atom. The molecule has 3 aromatic rings. The SMILES string of the molecule is COc1cc(O)c2c(=O)n(-c3ccc(O)cc3)ccc2c1Br. The Kier molecular flexibility index (Phi) is 3.54. The molecule has 1 heterocycles. The lowest BCUT2D eigenvalue weighted by Crippen LogP contribution is -2.17. The molecule has 0 unspecified atom stereocenters. The van der Waals surface area contributed by atoms with E-state index in [9.17, 15) is 15.0 Å². The fourth-order valence-electron chi connectivity index (χ4n) is 2.32. The minimum absolute atomic E-state index is 0.118. The van der Waals surface area contributed by atoms with E-state index >= 15 is 0 Å². The van der Waals surface area contributed by atoms with Crippen LogP contribution in [0.5, 0.6) is 17.2 Å². The van der Waals surface area contributed by atoms with Crippen LogP contribution in [0.2, 0.25) is 0 Å². The van der Waals surface area contributed by atoms with Gasteiger partial charge in [0.25, 0.3) is 5.56 Å². The van der Waals surface area contributed by atoms with Crippen LogP contribution in [0.15, 0.2) is 51.9 Å². The summed E-state index contributed by atoms with van der Waals surface area (Å²) in [5, 5.41) is 20.2. The smallest absolute Gasteiger partial charge is 0.266 e. The van der Waals surface area contributed by atoms with Crippen molar-refractivity contribution < 1.29 is 14.9 Å². The van der Waals surface area contributed by atoms with Crippen LogP contribution in [-0.2, 0) is 0 Å². The van der Waals surface area contributed by atoms with Gasteiger partial charge in [-0.2, -0.15) is 0 Å². The highest BCUT2D eigenvalue weighted by Gasteiger charge is 2.15. The largest absolute Gasteiger partial charge is 0.508 e. The van der Waals surface area contributed by atoms with Crippen LogP contribution in [0.25, 0.3) is 16.5 Å². The Bertz CT molecular complexity index is 916. The number of phenolic OH excluding ortho intramolecular Hbond substituents is 2. The number of pyridine rings is 1. The van der Waals surface area contributed by atoms with Gasteiger partial charge in [0.2, 0.25) is 0 Å². The van der Waals surface area contributed by atoms with E-state index < -0.39 is 0 Å². The first-order chi connectivity index (χ1) is 10.5. The van der Waals surface area contributed by atoms with Gasteiger partial charge in [0, 0.05) is 23.3 Å². The third-order valence-corrected chi connectivity index (χ3v) is 4.23. The molecule has 3 rings (SSSR count). The standard InChI is InChI=1S/C16H12BrNO4/c1-22-13-8-12(20)14-11(15(13)17)6-7-18(16(14)21)9-2-4-10(19)5-3-9/h2-8,19-20H,1H3. The lowest BCUT2D eigenvalue weighted by Gasteiger charge is -2.11. The second-order valence-electron chi connectivity index (χ2n) is 4.71. The quantitative estimate of drug-likeness (QED) is 0.735. The van der Waals surface area contributed by atoms with E-state index in [4.69, 9.17) is 4.74 Å². The number of benzene rings is 2. The molecule has 22 heavy (non-hydrogen) atoms. The highest BCUT2D eigenvalue weighted by Crippen LogP contribution is 2.37. The molecule has 0 amide bonds. The summed E-state index contributed by atoms with van der Waals surface area (Å²) in [5.41, 5.74) is 0.236. The summed E-state index contributed by atoms with van der Waals surface area (Å²) in [6.07, 6.45) is 1.61. The summed E-state index contributed by atoms with van der Waals surface area (Å²) in [6, 6.07) is 9.35. The van der Waals surface area contributed by atoms with Crippen molar-refractivity contribution in [1.29, 1.82) is 0 Å². The Hall–Kier alpha value is -2.47. The molecule has 0 aliphatic rings. The number of ether oxygens (including phenoxy) is 1. The third kappa shape index (κ3) is 2.21. The van der Waals surface area contributed by atoms with E-state index in [0.717, 1.165) is 0 Å². The third-order valence-electron chi connectivity index (χ3n) is 3.42. The van der Waals surface area contributed by atoms with E-state index in [0.29, 0.717) is 21.3 Å². The van der Waals surface area contributed by atoms with Crippen molar-refractivity contribution >= 4 is 26.7 Å². The summed E-state index contributed by atoms with van der Waals surface area (Å²) in [5.74, 6) is 0.424. The fraction of sp³-hybridized carbons (Fsp3) is 0.0625. The normalized spacial score (nSPS) is 10.8. The van der Waals surface area contributed by atoms with E-state index in [2.05, 4.69) is 15.9 Å². The molecule has 0 aliphatic heterocycles. The van der Waals surface area contributed by atoms with Crippen molar-refractivity contribution in [2.45, 2.75) is 0 Å². The molecule has 6 heteroatoms. The van der Waals surface area contributed by atoms with Gasteiger partial charge in [0.15, 0.2) is 0 Å². The van der Waals surface area contributed by atoms with Crippen molar-refractivity contribution in [3.63, 3.8) is 0 Å². The van der Waals surface area contributed by atoms with Crippen molar-refractivity contribution in [3.05, 3.63) is 57.4 Å². The monoisotopic (exact) mass is 361 g/mol. The van der Waals surface area contributed by atoms with E-state index in [1.54, 1.807) is 24.4 Å². The van der Waals surface area contributed by atoms with Crippen molar-refractivity contribution in [1.82, 2.24) is 4.57 Å². The van der Waals surface area contributed by atoms with Crippen LogP contribution in [0.3, 0.4) is 0 Å². The van der Waals surface area contributed by atoms with Crippen LogP contribution in [0.4, 0.5) is 0 Å². The first-order valence-electron chi connectivity index (χ1n) is 6.43. The van der Waals surface area contributed by atoms with Gasteiger partial charge in [0.1, 0.15) is 17.2 Å². The first kappa shape index (κ1) is 14.5. The highest BCUT2D eigenvalue weighted by molar-refractivity contribution is 9.10. The molecule has 0 atom stereocenters. The van der Waals surface area contributed by atoms with Gasteiger partial charge in [-0.3, -0.25) is 9.36 Å². The van der Waals surface area contributed by atoms with Gasteiger partial charge in [-0.15, -0.1) is 0 Å². The first-order valence-corrected chi connectivity index (χ1v) is 7.22. The molecule has 0 radical (unpaired) electrons. The molecule has 2 aromatic carbocycles. The number of rotatable bonds is 2. The van der Waals surface area contributed by atoms with Crippen molar-refractivity contribution in [2.24, 2.45) is 0 Å². The van der Waals surface area contributed by atoms with Gasteiger partial charge >= 0.3 is 0 Å². The Balaban J connectivity index is 2.33. The molecule has 2 N–H and O–H groups in total. The summed E-state index contributed by atoms with van der Waals surface area (Å²) < 4.78 is 7.17. The average Bonchev–Trinajstić information content (AvgIpc) is 2.51. The summed E-state index contributed by atoms with van der Waals surface area (Å²) in [7, 11) is 1.49. The Labute approximate surface area is 134 Å². The maximum atomic E-state index is 12.7. The number of methoxy groups -OCH3 is 1. The zero-order chi connectivity index (χ0) is 15.9. The van der Waals surface area contributed by atoms with Gasteiger partial charge in [0.05, 0.1) is 17.0 Å². The summed E-state index contributed by atoms with van der Waals surface area (Å²) >= 11 is 3.38. The zero-order valence-corrected chi connectivity index (χ0v) is 13.2. The number of phenols is 2. The molecule has 0 fully saturated rings. The number of hydrogen-bond donors (Lipinski definition) is 2. The summed E-state index contributed by atoms with van der Waals surface area (Å²) in [4.78, 5) is 12.7. The number of aromatic nitrogens is 1. The van der Waals surface area contributed by atoms with E-state index in [1.165, 1.54) is 29.9 Å². The number of nitrogens with zero attached hydrogens (tertiary/aromatic N) is 1. The Morgan fingerprint density at radius 3 is 2.45 bits per heavy atom. The van der Waals surface area contributed by atoms with Crippen molar-refractivity contribution in [3.8, 4) is 22.9 Å². The molecular formula is C16H12BrNO4. The molecule has 112 valence electrons. The van der Waals surface area contributed by atoms with Gasteiger partial charge in [-0.25, -0.2) is 0 Å². The molecule has 0 saturated heterocycles. The average molecular weight is 362 g/mol. The molecule has 1 aromatic heterocycles. The predicted molar refractivity (Wildman–Crippen MR) is 87.1 cm³/mol. The lowest BCUT2D eigenvalue weighted by molar-refractivity contribution is 0.407. The van der Waals surface area contributed by atoms with Gasteiger partial charge in [-0.1, -0.05) is 0 Å². The van der Waals surface area contributed by atoms with Crippen LogP contribution < -0.4 is 10.3 Å². The van der Waals surface area contributed by atoms with E-state index in [-0.39, 0.29) is 22.4 Å². The molecule has 0 spiro atoms. The van der Waals surface area contributed by atoms with E-state index in [1.807, 2.05) is 0 Å². The zero-order valence-electron chi connectivity index (χ0n) is 11.6. The number of fused-ring (bicyclic) bond motifs is 1. The highest BCUT2D eigenvalue weighted by atomic mass is 79.9. The molecule has 5 nitrogen and oxygen atoms in total. The second-order valence-corrected chi connectivity index (χ2v) is 5.50. The second kappa shape index (κ2) is 5.38. The number of aromatic hydroxyl groups is 2.